The predicted molar refractivity (Wildman–Crippen MR) is 89.9 cm³/mol. The van der Waals surface area contributed by atoms with E-state index in [-0.39, 0.29) is 22.2 Å². The molecule has 3 aromatic rings. The summed E-state index contributed by atoms with van der Waals surface area (Å²) < 4.78 is 18.9. The van der Waals surface area contributed by atoms with Crippen molar-refractivity contribution < 1.29 is 18.8 Å². The molecule has 4 nitrogen and oxygen atoms in total. The van der Waals surface area contributed by atoms with Crippen molar-refractivity contribution in [2.24, 2.45) is 0 Å². The Hall–Kier alpha value is -2.37. The van der Waals surface area contributed by atoms with E-state index in [1.165, 1.54) is 18.2 Å². The molecule has 2 N–H and O–H groups in total. The van der Waals surface area contributed by atoms with E-state index in [1.54, 1.807) is 24.3 Å². The Balaban J connectivity index is 1.93. The Bertz CT molecular complexity index is 955. The highest BCUT2D eigenvalue weighted by Crippen LogP contribution is 2.29. The summed E-state index contributed by atoms with van der Waals surface area (Å²) in [7, 11) is 1.91. The zero-order valence-corrected chi connectivity index (χ0v) is 13.7. The number of rotatable bonds is 4. The van der Waals surface area contributed by atoms with E-state index in [0.29, 0.717) is 24.0 Å². The van der Waals surface area contributed by atoms with E-state index in [9.17, 15) is 14.3 Å². The van der Waals surface area contributed by atoms with Crippen LogP contribution in [-0.2, 0) is 13.1 Å². The minimum Gasteiger partial charge on any atom is -0.506 e. The zero-order valence-electron chi connectivity index (χ0n) is 13.0. The molecule has 0 spiro atoms. The van der Waals surface area contributed by atoms with Crippen molar-refractivity contribution in [2.45, 2.75) is 13.1 Å². The van der Waals surface area contributed by atoms with Gasteiger partial charge < -0.3 is 14.4 Å². The molecule has 0 saturated carbocycles. The minimum atomic E-state index is -0.502. The van der Waals surface area contributed by atoms with Crippen molar-refractivity contribution in [1.82, 2.24) is 0 Å². The number of phenols is 1. The van der Waals surface area contributed by atoms with Crippen LogP contribution in [0.4, 0.5) is 4.39 Å². The smallest absolute Gasteiger partial charge is 0.336 e. The number of halogens is 2. The van der Waals surface area contributed by atoms with Gasteiger partial charge in [-0.1, -0.05) is 29.8 Å². The van der Waals surface area contributed by atoms with Crippen molar-refractivity contribution in [3.63, 3.8) is 0 Å². The highest BCUT2D eigenvalue weighted by atomic mass is 35.5. The lowest BCUT2D eigenvalue weighted by Gasteiger charge is -2.15. The summed E-state index contributed by atoms with van der Waals surface area (Å²) in [6.45, 7) is 0.956. The highest BCUT2D eigenvalue weighted by Gasteiger charge is 2.14. The standard InChI is InChI=1S/C18H15ClFNO3/c1-21(9-11-4-2-3-5-15(11)20)10-12-6-18(23)24-17-8-16(22)14(19)7-13(12)17/h2-8,22H,9-10H2,1H3/p+1. The molecular formula is C18H16ClFNO3+. The molecule has 1 unspecified atom stereocenters. The van der Waals surface area contributed by atoms with Crippen LogP contribution < -0.4 is 10.5 Å². The average molecular weight is 349 g/mol. The molecule has 0 bridgehead atoms. The Morgan fingerprint density at radius 1 is 1.17 bits per heavy atom. The third-order valence-electron chi connectivity index (χ3n) is 3.84. The molecule has 1 atom stereocenters. The lowest BCUT2D eigenvalue weighted by molar-refractivity contribution is -0.907. The van der Waals surface area contributed by atoms with Gasteiger partial charge in [0.05, 0.1) is 12.1 Å². The number of quaternary nitrogens is 1. The van der Waals surface area contributed by atoms with Crippen LogP contribution in [0.2, 0.25) is 5.02 Å². The van der Waals surface area contributed by atoms with E-state index >= 15 is 0 Å². The fourth-order valence-corrected chi connectivity index (χ4v) is 2.90. The summed E-state index contributed by atoms with van der Waals surface area (Å²) in [5, 5.41) is 10.5. The summed E-state index contributed by atoms with van der Waals surface area (Å²) in [5.74, 6) is -0.390. The normalized spacial score (nSPS) is 12.5. The van der Waals surface area contributed by atoms with Gasteiger partial charge in [-0.15, -0.1) is 0 Å². The molecule has 2 aromatic carbocycles. The number of hydrogen-bond acceptors (Lipinski definition) is 3. The molecule has 0 aliphatic carbocycles. The maximum Gasteiger partial charge on any atom is 0.336 e. The quantitative estimate of drug-likeness (QED) is 0.712. The van der Waals surface area contributed by atoms with Gasteiger partial charge in [-0.3, -0.25) is 0 Å². The first kappa shape index (κ1) is 16.5. The second kappa shape index (κ2) is 6.63. The molecular weight excluding hydrogens is 333 g/mol. The van der Waals surface area contributed by atoms with Crippen LogP contribution in [0.25, 0.3) is 11.0 Å². The van der Waals surface area contributed by atoms with Crippen LogP contribution in [0, 0.1) is 5.82 Å². The van der Waals surface area contributed by atoms with Gasteiger partial charge in [-0.2, -0.15) is 0 Å². The second-order valence-corrected chi connectivity index (χ2v) is 6.20. The Morgan fingerprint density at radius 3 is 2.62 bits per heavy atom. The van der Waals surface area contributed by atoms with Crippen LogP contribution in [-0.4, -0.2) is 12.2 Å². The lowest BCUT2D eigenvalue weighted by Crippen LogP contribution is -3.06. The molecule has 6 heteroatoms. The Labute approximate surface area is 142 Å². The molecule has 1 aromatic heterocycles. The SMILES string of the molecule is C[NH+](Cc1ccccc1F)Cc1cc(=O)oc2cc(O)c(Cl)cc12. The predicted octanol–water partition coefficient (Wildman–Crippen LogP) is 2.51. The van der Waals surface area contributed by atoms with Crippen molar-refractivity contribution >= 4 is 22.6 Å². The van der Waals surface area contributed by atoms with Gasteiger partial charge in [0.2, 0.25) is 0 Å². The topological polar surface area (TPSA) is 54.9 Å². The Morgan fingerprint density at radius 2 is 1.88 bits per heavy atom. The van der Waals surface area contributed by atoms with Gasteiger partial charge in [0.1, 0.15) is 30.2 Å². The molecule has 1 heterocycles. The third kappa shape index (κ3) is 3.42. The first-order valence-corrected chi connectivity index (χ1v) is 7.82. The van der Waals surface area contributed by atoms with E-state index < -0.39 is 5.63 Å². The van der Waals surface area contributed by atoms with Gasteiger partial charge in [-0.25, -0.2) is 9.18 Å². The van der Waals surface area contributed by atoms with Gasteiger partial charge in [-0.05, 0) is 12.1 Å². The Kier molecular flexibility index (Phi) is 4.55. The molecule has 0 fully saturated rings. The van der Waals surface area contributed by atoms with Gasteiger partial charge in [0.15, 0.2) is 0 Å². The van der Waals surface area contributed by atoms with Crippen LogP contribution >= 0.6 is 11.6 Å². The fourth-order valence-electron chi connectivity index (χ4n) is 2.74. The first-order chi connectivity index (χ1) is 11.4. The molecule has 0 aliphatic rings. The maximum atomic E-state index is 13.8. The summed E-state index contributed by atoms with van der Waals surface area (Å²) >= 11 is 5.96. The third-order valence-corrected chi connectivity index (χ3v) is 4.14. The molecule has 0 saturated heterocycles. The zero-order chi connectivity index (χ0) is 17.3. The average Bonchev–Trinajstić information content (AvgIpc) is 2.51. The van der Waals surface area contributed by atoms with E-state index in [1.807, 2.05) is 7.05 Å². The number of hydrogen-bond donors (Lipinski definition) is 2. The van der Waals surface area contributed by atoms with Crippen molar-refractivity contribution in [3.05, 3.63) is 74.9 Å². The first-order valence-electron chi connectivity index (χ1n) is 7.44. The van der Waals surface area contributed by atoms with Crippen LogP contribution in [0.15, 0.2) is 51.7 Å². The molecule has 0 aliphatic heterocycles. The van der Waals surface area contributed by atoms with E-state index in [0.717, 1.165) is 10.5 Å². The molecule has 124 valence electrons. The van der Waals surface area contributed by atoms with Gasteiger partial charge in [0.25, 0.3) is 0 Å². The summed E-state index contributed by atoms with van der Waals surface area (Å²) in [6, 6.07) is 10.9. The summed E-state index contributed by atoms with van der Waals surface area (Å²) in [4.78, 5) is 12.7. The molecule has 0 radical (unpaired) electrons. The van der Waals surface area contributed by atoms with Crippen LogP contribution in [0.3, 0.4) is 0 Å². The molecule has 3 rings (SSSR count). The van der Waals surface area contributed by atoms with E-state index in [2.05, 4.69) is 0 Å². The number of fused-ring (bicyclic) bond motifs is 1. The number of nitrogens with one attached hydrogen (secondary N) is 1. The van der Waals surface area contributed by atoms with Crippen LogP contribution in [0.5, 0.6) is 5.75 Å². The van der Waals surface area contributed by atoms with Crippen molar-refractivity contribution in [3.8, 4) is 5.75 Å². The lowest BCUT2D eigenvalue weighted by atomic mass is 10.1. The fraction of sp³-hybridized carbons (Fsp3) is 0.167. The number of phenolic OH excluding ortho intramolecular Hbond substituents is 1. The van der Waals surface area contributed by atoms with E-state index in [4.69, 9.17) is 16.0 Å². The van der Waals surface area contributed by atoms with Crippen LogP contribution in [0.1, 0.15) is 11.1 Å². The summed E-state index contributed by atoms with van der Waals surface area (Å²) in [5.41, 5.74) is 1.12. The highest BCUT2D eigenvalue weighted by molar-refractivity contribution is 6.32. The molecule has 0 amide bonds. The number of benzene rings is 2. The monoisotopic (exact) mass is 348 g/mol. The van der Waals surface area contributed by atoms with Crippen molar-refractivity contribution in [2.75, 3.05) is 7.05 Å². The van der Waals surface area contributed by atoms with Gasteiger partial charge >= 0.3 is 5.63 Å². The largest absolute Gasteiger partial charge is 0.506 e. The molecule has 24 heavy (non-hydrogen) atoms. The minimum absolute atomic E-state index is 0.142. The van der Waals surface area contributed by atoms with Crippen molar-refractivity contribution in [1.29, 1.82) is 0 Å². The van der Waals surface area contributed by atoms with Gasteiger partial charge in [0, 0.05) is 28.6 Å². The number of aromatic hydroxyl groups is 1. The second-order valence-electron chi connectivity index (χ2n) is 5.79. The maximum absolute atomic E-state index is 13.8. The summed E-state index contributed by atoms with van der Waals surface area (Å²) in [6.07, 6.45) is 0.